The molecule has 0 heterocycles. The lowest BCUT2D eigenvalue weighted by Gasteiger charge is -2.27. The minimum atomic E-state index is -0.284. The zero-order chi connectivity index (χ0) is 22.8. The second-order valence-corrected chi connectivity index (χ2v) is 11.9. The zero-order valence-corrected chi connectivity index (χ0v) is 20.5. The summed E-state index contributed by atoms with van der Waals surface area (Å²) in [6.45, 7) is 13.0. The van der Waals surface area contributed by atoms with Crippen LogP contribution in [0.5, 0.6) is 5.75 Å². The van der Waals surface area contributed by atoms with Crippen LogP contribution in [0.4, 0.5) is 5.69 Å². The number of para-hydroxylation sites is 1. The molecule has 0 spiro atoms. The van der Waals surface area contributed by atoms with Crippen molar-refractivity contribution in [2.45, 2.75) is 70.1 Å². The lowest BCUT2D eigenvalue weighted by molar-refractivity contribution is 0.444. The highest BCUT2D eigenvalue weighted by Gasteiger charge is 2.24. The van der Waals surface area contributed by atoms with E-state index in [1.54, 1.807) is 6.21 Å². The SMILES string of the molecule is C=S(C1=CCCC=C1)c1ccccc1N=Cc1cc(C(C)(C)C)cc(C(C)(C)C)c1O. The van der Waals surface area contributed by atoms with E-state index < -0.39 is 0 Å². The van der Waals surface area contributed by atoms with Crippen LogP contribution in [0.25, 0.3) is 0 Å². The number of phenolic OH excluding ortho intramolecular Hbond substituents is 1. The van der Waals surface area contributed by atoms with Crippen LogP contribution in [0.1, 0.15) is 71.1 Å². The third kappa shape index (κ3) is 5.46. The standard InChI is InChI=1S/C28H35NOS/c1-27(2,3)21-17-20(26(30)23(18-21)28(4,5)6)19-29-24-15-11-12-16-25(24)31(7)22-13-9-8-10-14-22/h9,11-19,30H,7-8,10H2,1-6H3. The zero-order valence-electron chi connectivity index (χ0n) is 19.7. The maximum Gasteiger partial charge on any atom is 0.128 e. The topological polar surface area (TPSA) is 32.6 Å². The van der Waals surface area contributed by atoms with Gasteiger partial charge in [-0.05, 0) is 47.4 Å². The first-order chi connectivity index (χ1) is 14.5. The number of nitrogens with zero attached hydrogens (tertiary/aromatic N) is 1. The Bertz CT molecular complexity index is 1080. The van der Waals surface area contributed by atoms with Crippen LogP contribution < -0.4 is 0 Å². The molecule has 0 saturated heterocycles. The van der Waals surface area contributed by atoms with Gasteiger partial charge in [0, 0.05) is 27.1 Å². The third-order valence-electron chi connectivity index (χ3n) is 5.53. The van der Waals surface area contributed by atoms with Crippen molar-refractivity contribution in [1.29, 1.82) is 0 Å². The lowest BCUT2D eigenvalue weighted by atomic mass is 9.79. The lowest BCUT2D eigenvalue weighted by Crippen LogP contribution is -2.17. The molecule has 0 bridgehead atoms. The van der Waals surface area contributed by atoms with Crippen molar-refractivity contribution in [2.24, 2.45) is 4.99 Å². The fourth-order valence-electron chi connectivity index (χ4n) is 3.57. The van der Waals surface area contributed by atoms with Crippen LogP contribution in [-0.4, -0.2) is 17.2 Å². The van der Waals surface area contributed by atoms with Gasteiger partial charge in [-0.1, -0.05) is 83.8 Å². The summed E-state index contributed by atoms with van der Waals surface area (Å²) < 4.78 is 0. The molecule has 0 saturated carbocycles. The summed E-state index contributed by atoms with van der Waals surface area (Å²) in [6, 6.07) is 12.4. The molecule has 1 unspecified atom stereocenters. The van der Waals surface area contributed by atoms with E-state index in [1.807, 2.05) is 18.2 Å². The molecular formula is C28H35NOS. The Morgan fingerprint density at radius 1 is 1.00 bits per heavy atom. The predicted molar refractivity (Wildman–Crippen MR) is 139 cm³/mol. The van der Waals surface area contributed by atoms with Crippen LogP contribution >= 0.6 is 10.5 Å². The Kier molecular flexibility index (Phi) is 6.76. The minimum absolute atomic E-state index is 0.0200. The largest absolute Gasteiger partial charge is 0.507 e. The molecule has 1 atom stereocenters. The molecule has 31 heavy (non-hydrogen) atoms. The van der Waals surface area contributed by atoms with Gasteiger partial charge in [0.25, 0.3) is 0 Å². The number of hydrogen-bond acceptors (Lipinski definition) is 2. The van der Waals surface area contributed by atoms with Crippen molar-refractivity contribution >= 4 is 28.3 Å². The van der Waals surface area contributed by atoms with Gasteiger partial charge in [0.15, 0.2) is 0 Å². The summed E-state index contributed by atoms with van der Waals surface area (Å²) in [5.41, 5.74) is 3.62. The maximum absolute atomic E-state index is 11.1. The highest BCUT2D eigenvalue weighted by atomic mass is 32.2. The predicted octanol–water partition coefficient (Wildman–Crippen LogP) is 8.03. The average Bonchev–Trinajstić information content (AvgIpc) is 2.71. The second kappa shape index (κ2) is 9.00. The third-order valence-corrected chi connectivity index (χ3v) is 7.28. The molecule has 2 nitrogen and oxygen atoms in total. The molecule has 0 radical (unpaired) electrons. The highest BCUT2D eigenvalue weighted by molar-refractivity contribution is 8.17. The maximum atomic E-state index is 11.1. The summed E-state index contributed by atoms with van der Waals surface area (Å²) in [6.07, 6.45) is 10.7. The van der Waals surface area contributed by atoms with Crippen molar-refractivity contribution < 1.29 is 5.11 Å². The average molecular weight is 434 g/mol. The number of allylic oxidation sites excluding steroid dienone is 3. The van der Waals surface area contributed by atoms with Gasteiger partial charge >= 0.3 is 0 Å². The summed E-state index contributed by atoms with van der Waals surface area (Å²) in [7, 11) is -0.284. The number of aliphatic imine (C=N–C) groups is 1. The van der Waals surface area contributed by atoms with E-state index in [9.17, 15) is 5.11 Å². The number of benzene rings is 2. The summed E-state index contributed by atoms with van der Waals surface area (Å²) in [5.74, 6) is 4.76. The van der Waals surface area contributed by atoms with Crippen molar-refractivity contribution in [3.05, 3.63) is 76.2 Å². The van der Waals surface area contributed by atoms with Gasteiger partial charge in [-0.25, -0.2) is 0 Å². The van der Waals surface area contributed by atoms with Gasteiger partial charge in [-0.3, -0.25) is 4.99 Å². The van der Waals surface area contributed by atoms with Crippen molar-refractivity contribution in [3.63, 3.8) is 0 Å². The van der Waals surface area contributed by atoms with Crippen molar-refractivity contribution in [2.75, 3.05) is 0 Å². The Morgan fingerprint density at radius 3 is 2.32 bits per heavy atom. The first-order valence-corrected chi connectivity index (χ1v) is 12.3. The number of phenols is 1. The minimum Gasteiger partial charge on any atom is -0.507 e. The van der Waals surface area contributed by atoms with E-state index in [1.165, 1.54) is 10.5 Å². The fraction of sp³-hybridized carbons (Fsp3) is 0.357. The molecule has 164 valence electrons. The van der Waals surface area contributed by atoms with Gasteiger partial charge in [0.1, 0.15) is 5.75 Å². The van der Waals surface area contributed by atoms with Gasteiger partial charge in [-0.2, -0.15) is 0 Å². The number of hydrogen-bond donors (Lipinski definition) is 1. The molecule has 1 N–H and O–H groups in total. The van der Waals surface area contributed by atoms with Crippen LogP contribution in [0.3, 0.4) is 0 Å². The fourth-order valence-corrected chi connectivity index (χ4v) is 5.02. The summed E-state index contributed by atoms with van der Waals surface area (Å²) >= 11 is 0. The van der Waals surface area contributed by atoms with Gasteiger partial charge in [0.2, 0.25) is 0 Å². The monoisotopic (exact) mass is 433 g/mol. The van der Waals surface area contributed by atoms with Crippen LogP contribution in [-0.2, 0) is 10.8 Å². The molecule has 2 aromatic carbocycles. The molecule has 0 fully saturated rings. The van der Waals surface area contributed by atoms with Crippen molar-refractivity contribution in [3.8, 4) is 5.75 Å². The molecule has 3 heteroatoms. The number of aromatic hydroxyl groups is 1. The van der Waals surface area contributed by atoms with Gasteiger partial charge < -0.3 is 5.11 Å². The van der Waals surface area contributed by atoms with E-state index in [0.29, 0.717) is 5.75 Å². The van der Waals surface area contributed by atoms with E-state index >= 15 is 0 Å². The van der Waals surface area contributed by atoms with E-state index in [-0.39, 0.29) is 21.3 Å². The molecule has 3 rings (SSSR count). The first-order valence-electron chi connectivity index (χ1n) is 10.9. The van der Waals surface area contributed by atoms with Crippen LogP contribution in [0.15, 0.2) is 69.4 Å². The Hall–Kier alpha value is -2.39. The molecule has 1 aliphatic rings. The van der Waals surface area contributed by atoms with Crippen molar-refractivity contribution in [1.82, 2.24) is 0 Å². The van der Waals surface area contributed by atoms with Gasteiger partial charge in [-0.15, -0.1) is 10.5 Å². The number of rotatable bonds is 4. The summed E-state index contributed by atoms with van der Waals surface area (Å²) in [5, 5.41) is 11.1. The molecule has 0 aliphatic heterocycles. The molecule has 0 aromatic heterocycles. The first kappa shape index (κ1) is 23.3. The Labute approximate surface area is 190 Å². The Morgan fingerprint density at radius 2 is 1.71 bits per heavy atom. The van der Waals surface area contributed by atoms with Crippen LogP contribution in [0.2, 0.25) is 0 Å². The Balaban J connectivity index is 2.06. The van der Waals surface area contributed by atoms with E-state index in [2.05, 4.69) is 83.8 Å². The van der Waals surface area contributed by atoms with E-state index in [0.717, 1.165) is 34.6 Å². The molecule has 0 amide bonds. The summed E-state index contributed by atoms with van der Waals surface area (Å²) in [4.78, 5) is 7.22. The molecule has 2 aromatic rings. The van der Waals surface area contributed by atoms with E-state index in [4.69, 9.17) is 4.99 Å². The van der Waals surface area contributed by atoms with Crippen LogP contribution in [0, 0.1) is 0 Å². The smallest absolute Gasteiger partial charge is 0.128 e. The second-order valence-electron chi connectivity index (χ2n) is 10.2. The van der Waals surface area contributed by atoms with Gasteiger partial charge in [0.05, 0.1) is 5.69 Å². The molecule has 1 aliphatic carbocycles. The normalized spacial score (nSPS) is 15.9. The highest BCUT2D eigenvalue weighted by Crippen LogP contribution is 2.42. The molecular weight excluding hydrogens is 398 g/mol. The quantitative estimate of drug-likeness (QED) is 0.384.